The van der Waals surface area contributed by atoms with Crippen LogP contribution in [0.3, 0.4) is 0 Å². The SMILES string of the molecule is Cc1cccc(Cn2cccc(C(=O)N3c4ccccc4C[C@H]3C)c2=O)c1. The molecular weight excluding hydrogens is 336 g/mol. The van der Waals surface area contributed by atoms with Crippen molar-refractivity contribution in [1.82, 2.24) is 4.57 Å². The van der Waals surface area contributed by atoms with E-state index < -0.39 is 0 Å². The second kappa shape index (κ2) is 6.88. The molecule has 2 aromatic carbocycles. The van der Waals surface area contributed by atoms with Crippen LogP contribution >= 0.6 is 0 Å². The van der Waals surface area contributed by atoms with Gasteiger partial charge in [-0.3, -0.25) is 9.59 Å². The van der Waals surface area contributed by atoms with Gasteiger partial charge in [0.15, 0.2) is 0 Å². The van der Waals surface area contributed by atoms with Crippen LogP contribution in [0.1, 0.15) is 34.0 Å². The van der Waals surface area contributed by atoms with E-state index in [2.05, 4.69) is 6.07 Å². The van der Waals surface area contributed by atoms with Crippen molar-refractivity contribution in [2.75, 3.05) is 4.90 Å². The van der Waals surface area contributed by atoms with Gasteiger partial charge in [0.1, 0.15) is 5.56 Å². The molecule has 4 rings (SSSR count). The number of aryl methyl sites for hydroxylation is 1. The van der Waals surface area contributed by atoms with Gasteiger partial charge in [-0.05, 0) is 49.6 Å². The first-order valence-corrected chi connectivity index (χ1v) is 9.21. The fourth-order valence-corrected chi connectivity index (χ4v) is 3.84. The molecule has 0 unspecified atom stereocenters. The number of aromatic nitrogens is 1. The highest BCUT2D eigenvalue weighted by Gasteiger charge is 2.32. The van der Waals surface area contributed by atoms with E-state index in [1.165, 1.54) is 0 Å². The lowest BCUT2D eigenvalue weighted by atomic mass is 10.1. The van der Waals surface area contributed by atoms with E-state index in [1.807, 2.05) is 56.3 Å². The van der Waals surface area contributed by atoms with Crippen molar-refractivity contribution >= 4 is 11.6 Å². The van der Waals surface area contributed by atoms with Crippen molar-refractivity contribution in [1.29, 1.82) is 0 Å². The van der Waals surface area contributed by atoms with Gasteiger partial charge >= 0.3 is 0 Å². The van der Waals surface area contributed by atoms with Crippen LogP contribution in [0.15, 0.2) is 71.7 Å². The van der Waals surface area contributed by atoms with Gasteiger partial charge in [-0.25, -0.2) is 0 Å². The smallest absolute Gasteiger partial charge is 0.264 e. The predicted molar refractivity (Wildman–Crippen MR) is 107 cm³/mol. The Morgan fingerprint density at radius 2 is 1.89 bits per heavy atom. The average Bonchev–Trinajstić information content (AvgIpc) is 2.99. The molecule has 4 nitrogen and oxygen atoms in total. The Balaban J connectivity index is 1.69. The van der Waals surface area contributed by atoms with E-state index in [1.54, 1.807) is 27.8 Å². The number of para-hydroxylation sites is 1. The summed E-state index contributed by atoms with van der Waals surface area (Å²) in [5.74, 6) is -0.226. The minimum Gasteiger partial charge on any atom is -0.310 e. The number of pyridine rings is 1. The number of benzene rings is 2. The van der Waals surface area contributed by atoms with Crippen molar-refractivity contribution in [3.05, 3.63) is 99.5 Å². The topological polar surface area (TPSA) is 42.3 Å². The van der Waals surface area contributed by atoms with Crippen LogP contribution in [0.25, 0.3) is 0 Å². The summed E-state index contributed by atoms with van der Waals surface area (Å²) in [5.41, 5.74) is 4.21. The number of amides is 1. The minimum absolute atomic E-state index is 0.0414. The molecule has 1 aromatic heterocycles. The summed E-state index contributed by atoms with van der Waals surface area (Å²) >= 11 is 0. The highest BCUT2D eigenvalue weighted by atomic mass is 16.2. The summed E-state index contributed by atoms with van der Waals surface area (Å²) in [5, 5.41) is 0. The van der Waals surface area contributed by atoms with Crippen molar-refractivity contribution in [3.8, 4) is 0 Å². The van der Waals surface area contributed by atoms with Crippen molar-refractivity contribution in [2.24, 2.45) is 0 Å². The molecule has 0 aliphatic carbocycles. The van der Waals surface area contributed by atoms with Crippen molar-refractivity contribution < 1.29 is 4.79 Å². The van der Waals surface area contributed by atoms with Gasteiger partial charge < -0.3 is 9.47 Å². The Labute approximate surface area is 158 Å². The zero-order chi connectivity index (χ0) is 19.0. The van der Waals surface area contributed by atoms with Crippen LogP contribution in [0.4, 0.5) is 5.69 Å². The van der Waals surface area contributed by atoms with Crippen molar-refractivity contribution in [3.63, 3.8) is 0 Å². The summed E-state index contributed by atoms with van der Waals surface area (Å²) in [6.45, 7) is 4.50. The van der Waals surface area contributed by atoms with E-state index in [4.69, 9.17) is 0 Å². The normalized spacial score (nSPS) is 15.6. The summed E-state index contributed by atoms with van der Waals surface area (Å²) < 4.78 is 1.61. The summed E-state index contributed by atoms with van der Waals surface area (Å²) in [6.07, 6.45) is 2.55. The largest absolute Gasteiger partial charge is 0.310 e. The molecule has 0 N–H and O–H groups in total. The van der Waals surface area contributed by atoms with Gasteiger partial charge in [-0.15, -0.1) is 0 Å². The third-order valence-electron chi connectivity index (χ3n) is 5.11. The molecule has 4 heteroatoms. The Bertz CT molecular complexity index is 1070. The van der Waals surface area contributed by atoms with Gasteiger partial charge in [-0.1, -0.05) is 48.0 Å². The van der Waals surface area contributed by atoms with Crippen LogP contribution in [-0.4, -0.2) is 16.5 Å². The monoisotopic (exact) mass is 358 g/mol. The maximum Gasteiger partial charge on any atom is 0.264 e. The van der Waals surface area contributed by atoms with Gasteiger partial charge in [0.05, 0.1) is 6.54 Å². The molecule has 3 aromatic rings. The van der Waals surface area contributed by atoms with Crippen LogP contribution in [0.5, 0.6) is 0 Å². The number of nitrogens with zero attached hydrogens (tertiary/aromatic N) is 2. The van der Waals surface area contributed by atoms with Crippen LogP contribution in [0.2, 0.25) is 0 Å². The molecule has 0 fully saturated rings. The van der Waals surface area contributed by atoms with E-state index in [0.29, 0.717) is 6.54 Å². The lowest BCUT2D eigenvalue weighted by molar-refractivity contribution is 0.0979. The second-order valence-electron chi connectivity index (χ2n) is 7.20. The predicted octanol–water partition coefficient (Wildman–Crippen LogP) is 3.80. The van der Waals surface area contributed by atoms with Gasteiger partial charge in [0.25, 0.3) is 11.5 Å². The zero-order valence-corrected chi connectivity index (χ0v) is 15.6. The van der Waals surface area contributed by atoms with Crippen molar-refractivity contribution in [2.45, 2.75) is 32.9 Å². The Hall–Kier alpha value is -3.14. The molecule has 1 aliphatic heterocycles. The average molecular weight is 358 g/mol. The molecule has 27 heavy (non-hydrogen) atoms. The highest BCUT2D eigenvalue weighted by molar-refractivity contribution is 6.07. The molecule has 1 amide bonds. The third-order valence-corrected chi connectivity index (χ3v) is 5.11. The molecule has 2 heterocycles. The summed E-state index contributed by atoms with van der Waals surface area (Å²) in [4.78, 5) is 28.0. The maximum absolute atomic E-state index is 13.2. The van der Waals surface area contributed by atoms with E-state index in [-0.39, 0.29) is 23.1 Å². The van der Waals surface area contributed by atoms with Crippen LogP contribution in [-0.2, 0) is 13.0 Å². The Morgan fingerprint density at radius 1 is 1.07 bits per heavy atom. The summed E-state index contributed by atoms with van der Waals surface area (Å²) in [6, 6.07) is 19.4. The molecule has 1 atom stereocenters. The van der Waals surface area contributed by atoms with Gasteiger partial charge in [-0.2, -0.15) is 0 Å². The van der Waals surface area contributed by atoms with Crippen LogP contribution in [0, 0.1) is 6.92 Å². The standard InChI is InChI=1S/C23H22N2O2/c1-16-7-5-8-18(13-16)15-24-12-6-10-20(22(24)26)23(27)25-17(2)14-19-9-3-4-11-21(19)25/h3-13,17H,14-15H2,1-2H3/t17-/m1/s1. The van der Waals surface area contributed by atoms with E-state index >= 15 is 0 Å². The number of anilines is 1. The number of hydrogen-bond acceptors (Lipinski definition) is 2. The highest BCUT2D eigenvalue weighted by Crippen LogP contribution is 2.32. The zero-order valence-electron chi connectivity index (χ0n) is 15.6. The first-order valence-electron chi connectivity index (χ1n) is 9.21. The minimum atomic E-state index is -0.249. The first-order chi connectivity index (χ1) is 13.0. The van der Waals surface area contributed by atoms with E-state index in [9.17, 15) is 9.59 Å². The van der Waals surface area contributed by atoms with Gasteiger partial charge in [0.2, 0.25) is 0 Å². The molecule has 0 spiro atoms. The van der Waals surface area contributed by atoms with E-state index in [0.717, 1.165) is 28.8 Å². The first kappa shape index (κ1) is 17.3. The molecule has 136 valence electrons. The second-order valence-corrected chi connectivity index (χ2v) is 7.20. The van der Waals surface area contributed by atoms with Gasteiger partial charge in [0, 0.05) is 17.9 Å². The third kappa shape index (κ3) is 3.19. The number of rotatable bonds is 3. The maximum atomic E-state index is 13.2. The molecular formula is C23H22N2O2. The summed E-state index contributed by atoms with van der Waals surface area (Å²) in [7, 11) is 0. The Kier molecular flexibility index (Phi) is 4.40. The number of carbonyl (C=O) groups is 1. The van der Waals surface area contributed by atoms with Crippen LogP contribution < -0.4 is 10.5 Å². The molecule has 1 aliphatic rings. The Morgan fingerprint density at radius 3 is 2.70 bits per heavy atom. The number of hydrogen-bond donors (Lipinski definition) is 0. The quantitative estimate of drug-likeness (QED) is 0.715. The number of fused-ring (bicyclic) bond motifs is 1. The molecule has 0 bridgehead atoms. The lowest BCUT2D eigenvalue weighted by Crippen LogP contribution is -2.39. The molecule has 0 radical (unpaired) electrons. The molecule has 0 saturated heterocycles. The fourth-order valence-electron chi connectivity index (χ4n) is 3.84. The number of carbonyl (C=O) groups excluding carboxylic acids is 1. The fraction of sp³-hybridized carbons (Fsp3) is 0.217. The molecule has 0 saturated carbocycles. The lowest BCUT2D eigenvalue weighted by Gasteiger charge is -2.22.